The maximum atomic E-state index is 13.3. The number of piperazine rings is 1. The molecule has 0 bridgehead atoms. The average molecular weight is 305 g/mol. The molecule has 0 N–H and O–H groups in total. The Bertz CT molecular complexity index is 462. The number of alkyl halides is 1. The second-order valence-electron chi connectivity index (χ2n) is 4.45. The first-order valence-corrected chi connectivity index (χ1v) is 7.05. The van der Waals surface area contributed by atoms with Crippen LogP contribution in [0, 0.1) is 5.82 Å². The number of hydrogen-bond acceptors (Lipinski definition) is 2. The van der Waals surface area contributed by atoms with Gasteiger partial charge >= 0.3 is 0 Å². The minimum absolute atomic E-state index is 0.0310. The molecule has 1 fully saturated rings. The first-order chi connectivity index (χ1) is 9.11. The van der Waals surface area contributed by atoms with E-state index in [0.717, 1.165) is 19.6 Å². The first kappa shape index (κ1) is 14.6. The molecule has 0 atom stereocenters. The lowest BCUT2D eigenvalue weighted by Crippen LogP contribution is -2.49. The molecule has 1 heterocycles. The zero-order valence-electron chi connectivity index (χ0n) is 10.4. The molecule has 0 spiro atoms. The summed E-state index contributed by atoms with van der Waals surface area (Å²) in [4.78, 5) is 16.1. The van der Waals surface area contributed by atoms with Crippen molar-refractivity contribution in [3.8, 4) is 0 Å². The van der Waals surface area contributed by atoms with Gasteiger partial charge in [-0.3, -0.25) is 9.69 Å². The summed E-state index contributed by atoms with van der Waals surface area (Å²) in [7, 11) is 0. The summed E-state index contributed by atoms with van der Waals surface area (Å²) in [6.45, 7) is 3.71. The van der Waals surface area contributed by atoms with Gasteiger partial charge in [0, 0.05) is 44.2 Å². The van der Waals surface area contributed by atoms with E-state index < -0.39 is 5.82 Å². The van der Waals surface area contributed by atoms with Crippen LogP contribution < -0.4 is 0 Å². The van der Waals surface area contributed by atoms with Crippen LogP contribution in [0.15, 0.2) is 18.2 Å². The Morgan fingerprint density at radius 2 is 1.95 bits per heavy atom. The molecular formula is C13H15Cl2FN2O. The molecule has 0 saturated carbocycles. The number of carbonyl (C=O) groups excluding carboxylic acids is 1. The largest absolute Gasteiger partial charge is 0.336 e. The highest BCUT2D eigenvalue weighted by Gasteiger charge is 2.22. The molecule has 1 aromatic carbocycles. The Kier molecular flexibility index (Phi) is 5.02. The molecule has 3 nitrogen and oxygen atoms in total. The van der Waals surface area contributed by atoms with Crippen LogP contribution in [0.5, 0.6) is 0 Å². The lowest BCUT2D eigenvalue weighted by atomic mass is 10.1. The smallest absolute Gasteiger partial charge is 0.254 e. The summed E-state index contributed by atoms with van der Waals surface area (Å²) < 4.78 is 13.3. The SMILES string of the molecule is O=C(c1ccc(Cl)c(F)c1)N1CCN(CCCl)CC1. The molecule has 104 valence electrons. The predicted molar refractivity (Wildman–Crippen MR) is 74.5 cm³/mol. The van der Waals surface area contributed by atoms with Crippen molar-refractivity contribution in [2.75, 3.05) is 38.6 Å². The third-order valence-corrected chi connectivity index (χ3v) is 3.70. The van der Waals surface area contributed by atoms with E-state index in [2.05, 4.69) is 4.90 Å². The molecule has 1 saturated heterocycles. The molecule has 0 unspecified atom stereocenters. The number of nitrogens with zero attached hydrogens (tertiary/aromatic N) is 2. The maximum absolute atomic E-state index is 13.3. The van der Waals surface area contributed by atoms with Crippen LogP contribution in [0.4, 0.5) is 4.39 Å². The highest BCUT2D eigenvalue weighted by molar-refractivity contribution is 6.30. The maximum Gasteiger partial charge on any atom is 0.254 e. The van der Waals surface area contributed by atoms with Crippen LogP contribution in [0.2, 0.25) is 5.02 Å². The van der Waals surface area contributed by atoms with Crippen molar-refractivity contribution >= 4 is 29.1 Å². The molecule has 0 aromatic heterocycles. The van der Waals surface area contributed by atoms with Crippen molar-refractivity contribution < 1.29 is 9.18 Å². The number of carbonyl (C=O) groups is 1. The van der Waals surface area contributed by atoms with Gasteiger partial charge in [0.05, 0.1) is 5.02 Å². The Morgan fingerprint density at radius 3 is 2.53 bits per heavy atom. The van der Waals surface area contributed by atoms with Crippen molar-refractivity contribution in [3.63, 3.8) is 0 Å². The summed E-state index contributed by atoms with van der Waals surface area (Å²) in [5, 5.41) is 0.0310. The van der Waals surface area contributed by atoms with Gasteiger partial charge < -0.3 is 4.90 Å². The lowest BCUT2D eigenvalue weighted by molar-refractivity contribution is 0.0644. The van der Waals surface area contributed by atoms with E-state index in [1.165, 1.54) is 12.1 Å². The number of halogens is 3. The minimum atomic E-state index is -0.562. The van der Waals surface area contributed by atoms with Crippen LogP contribution in [0.25, 0.3) is 0 Å². The molecule has 1 aromatic rings. The molecule has 1 aliphatic rings. The van der Waals surface area contributed by atoms with Crippen LogP contribution in [0.1, 0.15) is 10.4 Å². The fraction of sp³-hybridized carbons (Fsp3) is 0.462. The third-order valence-electron chi connectivity index (χ3n) is 3.23. The molecule has 1 aliphatic heterocycles. The second-order valence-corrected chi connectivity index (χ2v) is 5.24. The number of hydrogen-bond donors (Lipinski definition) is 0. The minimum Gasteiger partial charge on any atom is -0.336 e. The third kappa shape index (κ3) is 3.59. The van der Waals surface area contributed by atoms with Gasteiger partial charge in [-0.05, 0) is 18.2 Å². The topological polar surface area (TPSA) is 23.6 Å². The van der Waals surface area contributed by atoms with E-state index >= 15 is 0 Å². The van der Waals surface area contributed by atoms with Crippen molar-refractivity contribution in [2.45, 2.75) is 0 Å². The zero-order chi connectivity index (χ0) is 13.8. The Morgan fingerprint density at radius 1 is 1.26 bits per heavy atom. The van der Waals surface area contributed by atoms with E-state index in [1.54, 1.807) is 11.0 Å². The molecule has 0 radical (unpaired) electrons. The fourth-order valence-corrected chi connectivity index (χ4v) is 2.46. The highest BCUT2D eigenvalue weighted by Crippen LogP contribution is 2.17. The number of amides is 1. The van der Waals surface area contributed by atoms with Crippen molar-refractivity contribution in [1.82, 2.24) is 9.80 Å². The summed E-state index contributed by atoms with van der Waals surface area (Å²) in [6, 6.07) is 4.16. The normalized spacial score (nSPS) is 16.7. The number of rotatable bonds is 3. The summed E-state index contributed by atoms with van der Waals surface area (Å²) >= 11 is 11.3. The predicted octanol–water partition coefficient (Wildman–Crippen LogP) is 2.48. The van der Waals surface area contributed by atoms with Crippen LogP contribution >= 0.6 is 23.2 Å². The lowest BCUT2D eigenvalue weighted by Gasteiger charge is -2.34. The monoisotopic (exact) mass is 304 g/mol. The molecule has 19 heavy (non-hydrogen) atoms. The van der Waals surface area contributed by atoms with E-state index in [-0.39, 0.29) is 10.9 Å². The second kappa shape index (κ2) is 6.55. The molecule has 6 heteroatoms. The molecule has 1 amide bonds. The van der Waals surface area contributed by atoms with Gasteiger partial charge in [-0.15, -0.1) is 11.6 Å². The van der Waals surface area contributed by atoms with Crippen LogP contribution in [-0.2, 0) is 0 Å². The number of benzene rings is 1. The van der Waals surface area contributed by atoms with Gasteiger partial charge in [-0.2, -0.15) is 0 Å². The van der Waals surface area contributed by atoms with Gasteiger partial charge in [0.1, 0.15) is 5.82 Å². The van der Waals surface area contributed by atoms with Gasteiger partial charge in [0.2, 0.25) is 0 Å². The standard InChI is InChI=1S/C13H15Cl2FN2O/c14-3-4-17-5-7-18(8-6-17)13(19)10-1-2-11(15)12(16)9-10/h1-2,9H,3-8H2. The van der Waals surface area contributed by atoms with E-state index in [4.69, 9.17) is 23.2 Å². The van der Waals surface area contributed by atoms with Crippen molar-refractivity contribution in [3.05, 3.63) is 34.6 Å². The van der Waals surface area contributed by atoms with Crippen LogP contribution in [0.3, 0.4) is 0 Å². The molecular weight excluding hydrogens is 290 g/mol. The van der Waals surface area contributed by atoms with Crippen molar-refractivity contribution in [2.24, 2.45) is 0 Å². The molecule has 0 aliphatic carbocycles. The quantitative estimate of drug-likeness (QED) is 0.801. The van der Waals surface area contributed by atoms with Gasteiger partial charge in [-0.1, -0.05) is 11.6 Å². The van der Waals surface area contributed by atoms with Crippen LogP contribution in [-0.4, -0.2) is 54.3 Å². The van der Waals surface area contributed by atoms with E-state index in [1.807, 2.05) is 0 Å². The molecule has 2 rings (SSSR count). The fourth-order valence-electron chi connectivity index (χ4n) is 2.11. The highest BCUT2D eigenvalue weighted by atomic mass is 35.5. The summed E-state index contributed by atoms with van der Waals surface area (Å²) in [5.41, 5.74) is 0.340. The Hall–Kier alpha value is -0.840. The van der Waals surface area contributed by atoms with E-state index in [0.29, 0.717) is 24.5 Å². The summed E-state index contributed by atoms with van der Waals surface area (Å²) in [6.07, 6.45) is 0. The average Bonchev–Trinajstić information content (AvgIpc) is 2.42. The van der Waals surface area contributed by atoms with Gasteiger partial charge in [0.25, 0.3) is 5.91 Å². The van der Waals surface area contributed by atoms with Gasteiger partial charge in [0.15, 0.2) is 0 Å². The van der Waals surface area contributed by atoms with Crippen molar-refractivity contribution in [1.29, 1.82) is 0 Å². The Balaban J connectivity index is 1.99. The Labute approximate surface area is 121 Å². The summed E-state index contributed by atoms with van der Waals surface area (Å²) in [5.74, 6) is -0.120. The zero-order valence-corrected chi connectivity index (χ0v) is 11.9. The first-order valence-electron chi connectivity index (χ1n) is 6.14. The van der Waals surface area contributed by atoms with Gasteiger partial charge in [-0.25, -0.2) is 4.39 Å². The van der Waals surface area contributed by atoms with E-state index in [9.17, 15) is 9.18 Å².